The number of likely N-dealkylation sites (N-methyl/N-ethyl adjacent to an activating group) is 1. The molecule has 0 saturated carbocycles. The van der Waals surface area contributed by atoms with Crippen LogP contribution in [-0.4, -0.2) is 127 Å². The monoisotopic (exact) mass is 612 g/mol. The van der Waals surface area contributed by atoms with Crippen molar-refractivity contribution in [3.8, 4) is 11.1 Å². The molecular formula is C32H42ClFN6O3. The standard InChI is InChI=1S/C32H42ClFN6O3/c1-36(2)14-16-39-27-8-5-21(24-7-6-22(33)19-26(24)34)18-25(27)30(41)40-17-15-37(20-29(40)32(39)43)31(42)28-4-3-13-38(28)23-9-11-35-12-10-23/h5-8,18-19,23,28-29,32,35,43H,3-4,9-17,20H2,1-2H3. The summed E-state index contributed by atoms with van der Waals surface area (Å²) in [5.41, 5.74) is 1.94. The van der Waals surface area contributed by atoms with E-state index >= 15 is 0 Å². The Hall–Kier alpha value is -2.76. The lowest BCUT2D eigenvalue weighted by Crippen LogP contribution is -2.64. The first kappa shape index (κ1) is 30.3. The van der Waals surface area contributed by atoms with E-state index in [1.165, 1.54) is 6.07 Å². The van der Waals surface area contributed by atoms with Gasteiger partial charge in [0, 0.05) is 49.4 Å². The second-order valence-corrected chi connectivity index (χ2v) is 12.9. The Morgan fingerprint density at radius 3 is 2.60 bits per heavy atom. The van der Waals surface area contributed by atoms with Gasteiger partial charge in [0.05, 0.1) is 23.3 Å². The van der Waals surface area contributed by atoms with E-state index in [1.54, 1.807) is 35.2 Å². The minimum absolute atomic E-state index is 0.109. The minimum atomic E-state index is -1.01. The van der Waals surface area contributed by atoms with Crippen molar-refractivity contribution in [3.63, 3.8) is 0 Å². The Labute approximate surface area is 258 Å². The molecular weight excluding hydrogens is 571 g/mol. The van der Waals surface area contributed by atoms with Crippen LogP contribution < -0.4 is 10.2 Å². The molecule has 3 fully saturated rings. The van der Waals surface area contributed by atoms with Gasteiger partial charge < -0.3 is 30.0 Å². The van der Waals surface area contributed by atoms with E-state index in [1.807, 2.05) is 28.8 Å². The molecule has 3 unspecified atom stereocenters. The van der Waals surface area contributed by atoms with Gasteiger partial charge in [-0.3, -0.25) is 14.5 Å². The van der Waals surface area contributed by atoms with Gasteiger partial charge in [-0.05, 0) is 95.3 Å². The zero-order valence-electron chi connectivity index (χ0n) is 25.0. The van der Waals surface area contributed by atoms with E-state index in [9.17, 15) is 19.1 Å². The average Bonchev–Trinajstić information content (AvgIpc) is 3.48. The number of carbonyl (C=O) groups is 2. The summed E-state index contributed by atoms with van der Waals surface area (Å²) >= 11 is 5.99. The zero-order valence-corrected chi connectivity index (χ0v) is 25.8. The van der Waals surface area contributed by atoms with Crippen LogP contribution in [0.25, 0.3) is 11.1 Å². The average molecular weight is 613 g/mol. The van der Waals surface area contributed by atoms with Gasteiger partial charge in [0.25, 0.3) is 5.91 Å². The lowest BCUT2D eigenvalue weighted by atomic mass is 10.00. The van der Waals surface area contributed by atoms with Gasteiger partial charge in [0.1, 0.15) is 12.0 Å². The molecule has 0 bridgehead atoms. The van der Waals surface area contributed by atoms with Gasteiger partial charge in [-0.1, -0.05) is 17.7 Å². The minimum Gasteiger partial charge on any atom is -0.371 e. The van der Waals surface area contributed by atoms with E-state index in [4.69, 9.17) is 11.6 Å². The molecule has 4 aliphatic rings. The van der Waals surface area contributed by atoms with Crippen LogP contribution in [0.5, 0.6) is 0 Å². The van der Waals surface area contributed by atoms with Crippen LogP contribution in [0, 0.1) is 5.82 Å². The van der Waals surface area contributed by atoms with Crippen molar-refractivity contribution in [2.45, 2.75) is 50.0 Å². The third-order valence-corrected chi connectivity index (χ3v) is 9.81. The number of hydrogen-bond donors (Lipinski definition) is 2. The molecule has 0 aromatic heterocycles. The van der Waals surface area contributed by atoms with Crippen LogP contribution in [-0.2, 0) is 4.79 Å². The Balaban J connectivity index is 1.29. The van der Waals surface area contributed by atoms with Crippen molar-refractivity contribution in [3.05, 3.63) is 52.8 Å². The Kier molecular flexibility index (Phi) is 8.94. The van der Waals surface area contributed by atoms with Crippen molar-refractivity contribution in [2.75, 3.05) is 71.4 Å². The third-order valence-electron chi connectivity index (χ3n) is 9.58. The molecule has 4 aliphatic heterocycles. The normalized spacial score (nSPS) is 25.2. The smallest absolute Gasteiger partial charge is 0.256 e. The van der Waals surface area contributed by atoms with Crippen LogP contribution >= 0.6 is 11.6 Å². The molecule has 2 N–H and O–H groups in total. The zero-order chi connectivity index (χ0) is 30.2. The number of aliphatic hydroxyl groups is 1. The Morgan fingerprint density at radius 2 is 1.86 bits per heavy atom. The largest absolute Gasteiger partial charge is 0.371 e. The molecule has 232 valence electrons. The Morgan fingerprint density at radius 1 is 1.07 bits per heavy atom. The lowest BCUT2D eigenvalue weighted by molar-refractivity contribution is -0.140. The van der Waals surface area contributed by atoms with Crippen molar-refractivity contribution in [2.24, 2.45) is 0 Å². The number of fused-ring (bicyclic) bond motifs is 2. The number of halogens is 2. The number of benzene rings is 2. The summed E-state index contributed by atoms with van der Waals surface area (Å²) in [5, 5.41) is 15.6. The summed E-state index contributed by atoms with van der Waals surface area (Å²) < 4.78 is 14.9. The highest BCUT2D eigenvalue weighted by molar-refractivity contribution is 6.30. The molecule has 11 heteroatoms. The number of nitrogens with one attached hydrogen (secondary N) is 1. The van der Waals surface area contributed by atoms with E-state index in [0.29, 0.717) is 59.6 Å². The number of piperazine rings is 1. The van der Waals surface area contributed by atoms with E-state index < -0.39 is 18.1 Å². The molecule has 6 rings (SSSR count). The fourth-order valence-electron chi connectivity index (χ4n) is 7.27. The quantitative estimate of drug-likeness (QED) is 0.519. The van der Waals surface area contributed by atoms with Gasteiger partial charge in [-0.25, -0.2) is 4.39 Å². The Bertz CT molecular complexity index is 1350. The van der Waals surface area contributed by atoms with E-state index in [2.05, 4.69) is 10.2 Å². The summed E-state index contributed by atoms with van der Waals surface area (Å²) in [7, 11) is 3.93. The number of rotatable bonds is 6. The highest BCUT2D eigenvalue weighted by Gasteiger charge is 2.46. The number of piperidine rings is 1. The highest BCUT2D eigenvalue weighted by atomic mass is 35.5. The molecule has 43 heavy (non-hydrogen) atoms. The van der Waals surface area contributed by atoms with Crippen molar-refractivity contribution in [1.82, 2.24) is 24.9 Å². The highest BCUT2D eigenvalue weighted by Crippen LogP contribution is 2.36. The van der Waals surface area contributed by atoms with E-state index in [0.717, 1.165) is 45.3 Å². The molecule has 4 heterocycles. The number of likely N-dealkylation sites (tertiary alicyclic amines) is 1. The SMILES string of the molecule is CN(C)CCN1c2ccc(-c3ccc(Cl)cc3F)cc2C(=O)N2CCN(C(=O)C3CCCN3C3CCNCC3)CC2C1O. The fraction of sp³-hybridized carbons (Fsp3) is 0.562. The molecule has 2 aromatic carbocycles. The first-order valence-corrected chi connectivity index (χ1v) is 15.9. The lowest BCUT2D eigenvalue weighted by Gasteiger charge is -2.45. The van der Waals surface area contributed by atoms with Gasteiger partial charge >= 0.3 is 0 Å². The number of nitrogens with zero attached hydrogens (tertiary/aromatic N) is 5. The maximum atomic E-state index is 14.9. The van der Waals surface area contributed by atoms with E-state index in [-0.39, 0.29) is 24.4 Å². The van der Waals surface area contributed by atoms with Gasteiger partial charge in [0.15, 0.2) is 0 Å². The summed E-state index contributed by atoms with van der Waals surface area (Å²) in [6, 6.07) is 9.48. The van der Waals surface area contributed by atoms with Crippen molar-refractivity contribution in [1.29, 1.82) is 0 Å². The molecule has 3 saturated heterocycles. The molecule has 0 aliphatic carbocycles. The predicted molar refractivity (Wildman–Crippen MR) is 166 cm³/mol. The third kappa shape index (κ3) is 6.00. The predicted octanol–water partition coefficient (Wildman–Crippen LogP) is 2.72. The molecule has 0 radical (unpaired) electrons. The van der Waals surface area contributed by atoms with Crippen LogP contribution in [0.4, 0.5) is 10.1 Å². The van der Waals surface area contributed by atoms with Crippen LogP contribution in [0.3, 0.4) is 0 Å². The van der Waals surface area contributed by atoms with Crippen molar-refractivity contribution >= 4 is 29.1 Å². The van der Waals surface area contributed by atoms with Crippen LogP contribution in [0.1, 0.15) is 36.0 Å². The molecule has 2 amide bonds. The summed E-state index contributed by atoms with van der Waals surface area (Å²) in [4.78, 5) is 38.0. The molecule has 9 nitrogen and oxygen atoms in total. The number of aliphatic hydroxyl groups excluding tert-OH is 1. The second kappa shape index (κ2) is 12.7. The molecule has 2 aromatic rings. The number of amides is 2. The maximum Gasteiger partial charge on any atom is 0.256 e. The summed E-state index contributed by atoms with van der Waals surface area (Å²) in [5.74, 6) is -0.571. The van der Waals surface area contributed by atoms with Crippen LogP contribution in [0.15, 0.2) is 36.4 Å². The van der Waals surface area contributed by atoms with Gasteiger partial charge in [0.2, 0.25) is 5.91 Å². The summed E-state index contributed by atoms with van der Waals surface area (Å²) in [6.07, 6.45) is 2.94. The van der Waals surface area contributed by atoms with Gasteiger partial charge in [-0.2, -0.15) is 0 Å². The molecule has 3 atom stereocenters. The maximum absolute atomic E-state index is 14.9. The fourth-order valence-corrected chi connectivity index (χ4v) is 7.43. The first-order valence-electron chi connectivity index (χ1n) is 15.5. The summed E-state index contributed by atoms with van der Waals surface area (Å²) in [6.45, 7) is 5.05. The van der Waals surface area contributed by atoms with Crippen LogP contribution in [0.2, 0.25) is 5.02 Å². The first-order chi connectivity index (χ1) is 20.7. The number of carbonyl (C=O) groups excluding carboxylic acids is 2. The molecule has 0 spiro atoms. The van der Waals surface area contributed by atoms with Crippen molar-refractivity contribution < 1.29 is 19.1 Å². The van der Waals surface area contributed by atoms with Gasteiger partial charge in [-0.15, -0.1) is 0 Å². The number of hydrogen-bond acceptors (Lipinski definition) is 7. The second-order valence-electron chi connectivity index (χ2n) is 12.5. The topological polar surface area (TPSA) is 82.6 Å². The number of anilines is 1.